The van der Waals surface area contributed by atoms with Crippen molar-refractivity contribution in [3.05, 3.63) is 74.3 Å². The number of aliphatic hydroxyl groups excluding tert-OH is 1. The molecule has 6 nitrogen and oxygen atoms in total. The van der Waals surface area contributed by atoms with Gasteiger partial charge in [0.2, 0.25) is 5.43 Å². The summed E-state index contributed by atoms with van der Waals surface area (Å²) in [5, 5.41) is 20.4. The van der Waals surface area contributed by atoms with E-state index in [9.17, 15) is 24.2 Å². The van der Waals surface area contributed by atoms with Crippen LogP contribution in [0.5, 0.6) is 5.75 Å². The first-order valence-corrected chi connectivity index (χ1v) is 11.6. The number of fused-ring (bicyclic) bond motifs is 1. The van der Waals surface area contributed by atoms with E-state index in [0.29, 0.717) is 17.7 Å². The number of aliphatic hydroxyl groups is 1. The summed E-state index contributed by atoms with van der Waals surface area (Å²) in [5.41, 5.74) is -0.448. The molecule has 0 aliphatic carbocycles. The Morgan fingerprint density at radius 3 is 2.47 bits per heavy atom. The predicted molar refractivity (Wildman–Crippen MR) is 131 cm³/mol. The maximum Gasteiger partial charge on any atom is 0.341 e. The Bertz CT molecular complexity index is 1270. The van der Waals surface area contributed by atoms with Gasteiger partial charge in [-0.25, -0.2) is 9.18 Å². The molecule has 0 amide bonds. The smallest absolute Gasteiger partial charge is 0.341 e. The van der Waals surface area contributed by atoms with Crippen molar-refractivity contribution < 1.29 is 24.1 Å². The van der Waals surface area contributed by atoms with E-state index in [0.717, 1.165) is 0 Å². The van der Waals surface area contributed by atoms with Crippen LogP contribution in [0, 0.1) is 11.7 Å². The quantitative estimate of drug-likeness (QED) is 0.417. The third-order valence-corrected chi connectivity index (χ3v) is 5.87. The molecular weight excluding hydrogens is 461 g/mol. The van der Waals surface area contributed by atoms with Crippen LogP contribution in [0.1, 0.15) is 61.8 Å². The van der Waals surface area contributed by atoms with Crippen molar-refractivity contribution in [2.75, 3.05) is 6.61 Å². The number of carbonyl (C=O) groups is 1. The van der Waals surface area contributed by atoms with E-state index in [2.05, 4.69) is 0 Å². The molecule has 0 bridgehead atoms. The Morgan fingerprint density at radius 1 is 1.18 bits per heavy atom. The number of ether oxygens (including phenoxy) is 1. The van der Waals surface area contributed by atoms with Crippen LogP contribution in [-0.2, 0) is 6.42 Å². The van der Waals surface area contributed by atoms with Crippen molar-refractivity contribution in [3.8, 4) is 5.75 Å². The second kappa shape index (κ2) is 10.6. The first-order valence-electron chi connectivity index (χ1n) is 11.2. The summed E-state index contributed by atoms with van der Waals surface area (Å²) in [5.74, 6) is -1.44. The zero-order valence-electron chi connectivity index (χ0n) is 19.6. The summed E-state index contributed by atoms with van der Waals surface area (Å²) in [7, 11) is 0. The minimum Gasteiger partial charge on any atom is -0.491 e. The highest BCUT2D eigenvalue weighted by molar-refractivity contribution is 6.30. The molecule has 0 radical (unpaired) electrons. The largest absolute Gasteiger partial charge is 0.491 e. The van der Waals surface area contributed by atoms with Gasteiger partial charge < -0.3 is 19.5 Å². The number of nitrogens with zero attached hydrogens (tertiary/aromatic N) is 1. The Kier molecular flexibility index (Phi) is 8.00. The molecular formula is C26H29ClFNO5. The van der Waals surface area contributed by atoms with Crippen LogP contribution in [0.2, 0.25) is 5.02 Å². The van der Waals surface area contributed by atoms with Gasteiger partial charge in [-0.05, 0) is 49.9 Å². The predicted octanol–water partition coefficient (Wildman–Crippen LogP) is 5.45. The molecule has 8 heteroatoms. The summed E-state index contributed by atoms with van der Waals surface area (Å²) in [4.78, 5) is 25.6. The number of aromatic nitrogens is 1. The van der Waals surface area contributed by atoms with E-state index < -0.39 is 28.8 Å². The zero-order chi connectivity index (χ0) is 25.2. The van der Waals surface area contributed by atoms with Crippen LogP contribution in [0.3, 0.4) is 0 Å². The van der Waals surface area contributed by atoms with E-state index in [4.69, 9.17) is 16.3 Å². The first-order chi connectivity index (χ1) is 16.0. The molecule has 0 saturated carbocycles. The minimum atomic E-state index is -1.41. The van der Waals surface area contributed by atoms with Gasteiger partial charge >= 0.3 is 5.97 Å². The number of pyridine rings is 1. The fraction of sp³-hybridized carbons (Fsp3) is 0.385. The monoisotopic (exact) mass is 489 g/mol. The van der Waals surface area contributed by atoms with Crippen molar-refractivity contribution >= 4 is 28.5 Å². The average molecular weight is 490 g/mol. The number of carboxylic acid groups (broad SMARTS) is 1. The fourth-order valence-corrected chi connectivity index (χ4v) is 4.46. The lowest BCUT2D eigenvalue weighted by Crippen LogP contribution is -2.29. The molecule has 0 fully saturated rings. The Labute approximate surface area is 202 Å². The maximum atomic E-state index is 14.8. The van der Waals surface area contributed by atoms with E-state index in [1.54, 1.807) is 22.8 Å². The van der Waals surface area contributed by atoms with Gasteiger partial charge in [0.25, 0.3) is 0 Å². The number of carboxylic acids is 1. The standard InChI is InChI=1S/C26H29ClFNO5/c1-14(2)10-17(13-30)29-21-12-18(34-15(3)4)8-9-19(21)25(31)23(26(32)33)22(29)11-16-6-5-7-20(27)24(16)28/h5-9,12,14-15,17,30H,10-11,13H2,1-4H3,(H,32,33). The molecule has 0 aliphatic heterocycles. The van der Waals surface area contributed by atoms with Gasteiger partial charge in [0.05, 0.1) is 29.3 Å². The van der Waals surface area contributed by atoms with Crippen LogP contribution in [0.4, 0.5) is 4.39 Å². The molecule has 3 aromatic rings. The van der Waals surface area contributed by atoms with Crippen LogP contribution < -0.4 is 10.2 Å². The highest BCUT2D eigenvalue weighted by atomic mass is 35.5. The number of hydrogen-bond acceptors (Lipinski definition) is 4. The molecule has 1 unspecified atom stereocenters. The van der Waals surface area contributed by atoms with Crippen molar-refractivity contribution in [1.82, 2.24) is 4.57 Å². The third kappa shape index (κ3) is 5.26. The molecule has 3 rings (SSSR count). The minimum absolute atomic E-state index is 0.0995. The molecule has 0 spiro atoms. The van der Waals surface area contributed by atoms with Crippen molar-refractivity contribution in [2.24, 2.45) is 5.92 Å². The highest BCUT2D eigenvalue weighted by Crippen LogP contribution is 2.31. The topological polar surface area (TPSA) is 88.8 Å². The summed E-state index contributed by atoms with van der Waals surface area (Å²) in [6.45, 7) is 7.40. The number of rotatable bonds is 9. The molecule has 182 valence electrons. The van der Waals surface area contributed by atoms with E-state index in [1.807, 2.05) is 27.7 Å². The normalized spacial score (nSPS) is 12.5. The first kappa shape index (κ1) is 25.7. The van der Waals surface area contributed by atoms with Crippen molar-refractivity contribution in [3.63, 3.8) is 0 Å². The number of halogens is 2. The lowest BCUT2D eigenvalue weighted by Gasteiger charge is -2.28. The lowest BCUT2D eigenvalue weighted by atomic mass is 9.97. The van der Waals surface area contributed by atoms with E-state index >= 15 is 0 Å². The van der Waals surface area contributed by atoms with Gasteiger partial charge in [-0.2, -0.15) is 0 Å². The van der Waals surface area contributed by atoms with Gasteiger partial charge in [0.15, 0.2) is 0 Å². The second-order valence-electron chi connectivity index (χ2n) is 9.03. The maximum absolute atomic E-state index is 14.8. The molecule has 2 N–H and O–H groups in total. The molecule has 0 aliphatic rings. The molecule has 2 aromatic carbocycles. The van der Waals surface area contributed by atoms with Crippen molar-refractivity contribution in [1.29, 1.82) is 0 Å². The van der Waals surface area contributed by atoms with Gasteiger partial charge in [0, 0.05) is 23.6 Å². The Balaban J connectivity index is 2.44. The summed E-state index contributed by atoms with van der Waals surface area (Å²) < 4.78 is 22.3. The van der Waals surface area contributed by atoms with Crippen LogP contribution >= 0.6 is 11.6 Å². The van der Waals surface area contributed by atoms with Gasteiger partial charge in [-0.1, -0.05) is 37.6 Å². The Morgan fingerprint density at radius 2 is 1.88 bits per heavy atom. The van der Waals surface area contributed by atoms with Gasteiger partial charge in [-0.3, -0.25) is 4.79 Å². The highest BCUT2D eigenvalue weighted by Gasteiger charge is 2.27. The molecule has 1 heterocycles. The molecule has 1 aromatic heterocycles. The third-order valence-electron chi connectivity index (χ3n) is 5.57. The van der Waals surface area contributed by atoms with Crippen LogP contribution in [0.25, 0.3) is 10.9 Å². The zero-order valence-corrected chi connectivity index (χ0v) is 20.4. The van der Waals surface area contributed by atoms with Crippen molar-refractivity contribution in [2.45, 2.75) is 52.7 Å². The molecule has 1 atom stereocenters. The molecule has 0 saturated heterocycles. The lowest BCUT2D eigenvalue weighted by molar-refractivity contribution is 0.0692. The number of hydrogen-bond donors (Lipinski definition) is 2. The fourth-order valence-electron chi connectivity index (χ4n) is 4.26. The summed E-state index contributed by atoms with van der Waals surface area (Å²) in [6, 6.07) is 8.74. The van der Waals surface area contributed by atoms with E-state index in [1.165, 1.54) is 18.2 Å². The second-order valence-corrected chi connectivity index (χ2v) is 9.43. The summed E-state index contributed by atoms with van der Waals surface area (Å²) >= 11 is 5.96. The number of aromatic carboxylic acids is 1. The van der Waals surface area contributed by atoms with Crippen LogP contribution in [-0.4, -0.2) is 33.5 Å². The van der Waals surface area contributed by atoms with Gasteiger partial charge in [-0.15, -0.1) is 0 Å². The average Bonchev–Trinajstić information content (AvgIpc) is 2.75. The summed E-state index contributed by atoms with van der Waals surface area (Å²) in [6.07, 6.45) is 0.192. The van der Waals surface area contributed by atoms with Gasteiger partial charge in [0.1, 0.15) is 17.1 Å². The SMILES string of the molecule is CC(C)CC(CO)n1c(Cc2cccc(Cl)c2F)c(C(=O)O)c(=O)c2ccc(OC(C)C)cc21. The van der Waals surface area contributed by atoms with E-state index in [-0.39, 0.29) is 46.7 Å². The molecule has 34 heavy (non-hydrogen) atoms. The Hall–Kier alpha value is -2.90. The number of benzene rings is 2. The van der Waals surface area contributed by atoms with Crippen LogP contribution in [0.15, 0.2) is 41.2 Å².